The second kappa shape index (κ2) is 5.27. The molecule has 2 unspecified atom stereocenters. The first-order valence-corrected chi connectivity index (χ1v) is 6.57. The molecular formula is C12H12BrClO3. The highest BCUT2D eigenvalue weighted by Gasteiger charge is 2.34. The van der Waals surface area contributed by atoms with Gasteiger partial charge in [0.05, 0.1) is 11.4 Å². The van der Waals surface area contributed by atoms with Gasteiger partial charge in [0, 0.05) is 10.4 Å². The summed E-state index contributed by atoms with van der Waals surface area (Å²) in [4.78, 5) is 10.6. The van der Waals surface area contributed by atoms with Crippen LogP contribution in [-0.4, -0.2) is 17.2 Å². The largest absolute Gasteiger partial charge is 0.489 e. The molecule has 1 aliphatic rings. The number of hydrogen-bond acceptors (Lipinski definition) is 2. The summed E-state index contributed by atoms with van der Waals surface area (Å²) in [5.41, 5.74) is 0. The van der Waals surface area contributed by atoms with E-state index in [4.69, 9.17) is 21.4 Å². The molecule has 92 valence electrons. The van der Waals surface area contributed by atoms with Crippen LogP contribution in [0.3, 0.4) is 0 Å². The Morgan fingerprint density at radius 2 is 2.29 bits per heavy atom. The molecule has 2 rings (SSSR count). The summed E-state index contributed by atoms with van der Waals surface area (Å²) >= 11 is 9.36. The van der Waals surface area contributed by atoms with Gasteiger partial charge in [-0.25, -0.2) is 0 Å². The van der Waals surface area contributed by atoms with Gasteiger partial charge in [0.15, 0.2) is 0 Å². The van der Waals surface area contributed by atoms with E-state index in [0.717, 1.165) is 17.3 Å². The molecule has 1 aromatic rings. The number of benzene rings is 1. The number of carboxylic acids is 1. The SMILES string of the molecule is O=C(O)CC1CCC1Oc1ccc(Br)cc1Cl. The lowest BCUT2D eigenvalue weighted by Crippen LogP contribution is -2.38. The minimum atomic E-state index is -0.773. The summed E-state index contributed by atoms with van der Waals surface area (Å²) in [7, 11) is 0. The Balaban J connectivity index is 1.99. The summed E-state index contributed by atoms with van der Waals surface area (Å²) in [5, 5.41) is 9.28. The molecule has 5 heteroatoms. The van der Waals surface area contributed by atoms with E-state index < -0.39 is 5.97 Å². The quantitative estimate of drug-likeness (QED) is 0.919. The molecule has 0 spiro atoms. The van der Waals surface area contributed by atoms with Crippen LogP contribution in [-0.2, 0) is 4.79 Å². The Kier molecular flexibility index (Phi) is 3.94. The molecule has 1 aromatic carbocycles. The van der Waals surface area contributed by atoms with Gasteiger partial charge in [0.2, 0.25) is 0 Å². The third-order valence-corrected chi connectivity index (χ3v) is 3.75. The molecule has 2 atom stereocenters. The summed E-state index contributed by atoms with van der Waals surface area (Å²) < 4.78 is 6.63. The van der Waals surface area contributed by atoms with Crippen LogP contribution in [0.2, 0.25) is 5.02 Å². The molecule has 1 saturated carbocycles. The van der Waals surface area contributed by atoms with Crippen molar-refractivity contribution < 1.29 is 14.6 Å². The lowest BCUT2D eigenvalue weighted by Gasteiger charge is -2.35. The van der Waals surface area contributed by atoms with Crippen LogP contribution >= 0.6 is 27.5 Å². The number of hydrogen-bond donors (Lipinski definition) is 1. The first-order chi connectivity index (χ1) is 8.06. The van der Waals surface area contributed by atoms with E-state index in [1.165, 1.54) is 0 Å². The van der Waals surface area contributed by atoms with E-state index in [2.05, 4.69) is 15.9 Å². The molecule has 0 heterocycles. The van der Waals surface area contributed by atoms with Crippen molar-refractivity contribution in [3.05, 3.63) is 27.7 Å². The normalized spacial score (nSPS) is 22.9. The van der Waals surface area contributed by atoms with Crippen molar-refractivity contribution in [3.8, 4) is 5.75 Å². The van der Waals surface area contributed by atoms with E-state index in [9.17, 15) is 4.79 Å². The lowest BCUT2D eigenvalue weighted by molar-refractivity contribution is -0.140. The fourth-order valence-electron chi connectivity index (χ4n) is 1.89. The van der Waals surface area contributed by atoms with Crippen molar-refractivity contribution in [1.29, 1.82) is 0 Å². The summed E-state index contributed by atoms with van der Waals surface area (Å²) in [5.74, 6) is -0.0487. The fraction of sp³-hybridized carbons (Fsp3) is 0.417. The zero-order valence-electron chi connectivity index (χ0n) is 9.03. The van der Waals surface area contributed by atoms with Gasteiger partial charge in [0.1, 0.15) is 11.9 Å². The van der Waals surface area contributed by atoms with Gasteiger partial charge in [0.25, 0.3) is 0 Å². The predicted molar refractivity (Wildman–Crippen MR) is 68.5 cm³/mol. The van der Waals surface area contributed by atoms with Crippen LogP contribution in [0.15, 0.2) is 22.7 Å². The number of halogens is 2. The van der Waals surface area contributed by atoms with Gasteiger partial charge < -0.3 is 9.84 Å². The molecule has 0 bridgehead atoms. The van der Waals surface area contributed by atoms with Gasteiger partial charge in [-0.1, -0.05) is 27.5 Å². The molecule has 0 saturated heterocycles. The summed E-state index contributed by atoms with van der Waals surface area (Å²) in [6.07, 6.45) is 1.94. The number of rotatable bonds is 4. The Hall–Kier alpha value is -0.740. The topological polar surface area (TPSA) is 46.5 Å². The molecule has 3 nitrogen and oxygen atoms in total. The third kappa shape index (κ3) is 3.13. The number of carbonyl (C=O) groups is 1. The van der Waals surface area contributed by atoms with Crippen LogP contribution in [0.4, 0.5) is 0 Å². The highest BCUT2D eigenvalue weighted by Crippen LogP contribution is 2.37. The lowest BCUT2D eigenvalue weighted by atomic mass is 9.79. The van der Waals surface area contributed by atoms with Crippen LogP contribution < -0.4 is 4.74 Å². The molecule has 1 N–H and O–H groups in total. The monoisotopic (exact) mass is 318 g/mol. The molecular weight excluding hydrogens is 307 g/mol. The van der Waals surface area contributed by atoms with Crippen molar-refractivity contribution in [2.24, 2.45) is 5.92 Å². The first-order valence-electron chi connectivity index (χ1n) is 5.40. The number of ether oxygens (including phenoxy) is 1. The molecule has 0 radical (unpaired) electrons. The van der Waals surface area contributed by atoms with Gasteiger partial charge >= 0.3 is 5.97 Å². The van der Waals surface area contributed by atoms with E-state index in [1.54, 1.807) is 12.1 Å². The van der Waals surface area contributed by atoms with Crippen molar-refractivity contribution >= 4 is 33.5 Å². The van der Waals surface area contributed by atoms with E-state index in [1.807, 2.05) is 6.07 Å². The number of carboxylic acid groups (broad SMARTS) is 1. The van der Waals surface area contributed by atoms with Crippen molar-refractivity contribution in [2.75, 3.05) is 0 Å². The van der Waals surface area contributed by atoms with Gasteiger partial charge in [-0.2, -0.15) is 0 Å². The smallest absolute Gasteiger partial charge is 0.303 e. The van der Waals surface area contributed by atoms with Gasteiger partial charge in [-0.15, -0.1) is 0 Å². The molecule has 0 aromatic heterocycles. The van der Waals surface area contributed by atoms with E-state index >= 15 is 0 Å². The van der Waals surface area contributed by atoms with Crippen molar-refractivity contribution in [3.63, 3.8) is 0 Å². The predicted octanol–water partition coefficient (Wildman–Crippen LogP) is 3.73. The average Bonchev–Trinajstić information content (AvgIpc) is 2.23. The minimum absolute atomic E-state index is 0.0234. The molecule has 0 aliphatic heterocycles. The zero-order valence-corrected chi connectivity index (χ0v) is 11.4. The van der Waals surface area contributed by atoms with Gasteiger partial charge in [-0.3, -0.25) is 4.79 Å². The fourth-order valence-corrected chi connectivity index (χ4v) is 2.60. The maximum Gasteiger partial charge on any atom is 0.303 e. The van der Waals surface area contributed by atoms with Crippen LogP contribution in [0.25, 0.3) is 0 Å². The van der Waals surface area contributed by atoms with E-state index in [0.29, 0.717) is 10.8 Å². The second-order valence-corrected chi connectivity index (χ2v) is 5.49. The van der Waals surface area contributed by atoms with Crippen LogP contribution in [0, 0.1) is 5.92 Å². The minimum Gasteiger partial charge on any atom is -0.489 e. The standard InChI is InChI=1S/C12H12BrClO3/c13-8-2-4-11(9(14)6-8)17-10-3-1-7(10)5-12(15)16/h2,4,6-7,10H,1,3,5H2,(H,15,16). The Labute approximate surface area is 113 Å². The molecule has 0 amide bonds. The third-order valence-electron chi connectivity index (χ3n) is 2.96. The highest BCUT2D eigenvalue weighted by atomic mass is 79.9. The highest BCUT2D eigenvalue weighted by molar-refractivity contribution is 9.10. The maximum absolute atomic E-state index is 10.6. The summed E-state index contributed by atoms with van der Waals surface area (Å²) in [6, 6.07) is 5.41. The Morgan fingerprint density at radius 1 is 1.53 bits per heavy atom. The molecule has 1 fully saturated rings. The molecule has 1 aliphatic carbocycles. The summed E-state index contributed by atoms with van der Waals surface area (Å²) in [6.45, 7) is 0. The maximum atomic E-state index is 10.6. The number of aliphatic carboxylic acids is 1. The van der Waals surface area contributed by atoms with Crippen molar-refractivity contribution in [2.45, 2.75) is 25.4 Å². The molecule has 17 heavy (non-hydrogen) atoms. The zero-order chi connectivity index (χ0) is 12.4. The second-order valence-electron chi connectivity index (χ2n) is 4.17. The Morgan fingerprint density at radius 3 is 2.82 bits per heavy atom. The van der Waals surface area contributed by atoms with E-state index in [-0.39, 0.29) is 18.4 Å². The van der Waals surface area contributed by atoms with Crippen LogP contribution in [0.1, 0.15) is 19.3 Å². The first kappa shape index (κ1) is 12.7. The average molecular weight is 320 g/mol. The Bertz CT molecular complexity index is 436. The van der Waals surface area contributed by atoms with Crippen LogP contribution in [0.5, 0.6) is 5.75 Å². The van der Waals surface area contributed by atoms with Gasteiger partial charge in [-0.05, 0) is 31.0 Å². The van der Waals surface area contributed by atoms with Crippen molar-refractivity contribution in [1.82, 2.24) is 0 Å².